The summed E-state index contributed by atoms with van der Waals surface area (Å²) in [6.07, 6.45) is 0.416. The minimum atomic E-state index is -0.655. The van der Waals surface area contributed by atoms with Crippen molar-refractivity contribution >= 4 is 11.7 Å². The molecule has 114 valence electrons. The highest BCUT2D eigenvalue weighted by atomic mass is 16.5. The van der Waals surface area contributed by atoms with Crippen LogP contribution in [0.5, 0.6) is 0 Å². The molecule has 2 rings (SSSR count). The summed E-state index contributed by atoms with van der Waals surface area (Å²) in [5, 5.41) is 12.0. The van der Waals surface area contributed by atoms with E-state index in [2.05, 4.69) is 5.16 Å². The maximum atomic E-state index is 12.7. The standard InChI is InChI=1S/C15H21N3O3/c1-11-10-21-8-7-18(11)15(19)13(14(16)17-20)9-12-5-3-2-4-6-12/h2-6,11,13,20H,7-10H2,1H3,(H2,16,17). The van der Waals surface area contributed by atoms with Crippen molar-refractivity contribution in [3.63, 3.8) is 0 Å². The zero-order valence-corrected chi connectivity index (χ0v) is 12.1. The number of nitrogens with two attached hydrogens (primary N) is 1. The lowest BCUT2D eigenvalue weighted by Gasteiger charge is -2.35. The van der Waals surface area contributed by atoms with Gasteiger partial charge in [0.2, 0.25) is 5.91 Å². The van der Waals surface area contributed by atoms with Gasteiger partial charge in [-0.15, -0.1) is 0 Å². The second-order valence-corrected chi connectivity index (χ2v) is 5.22. The fraction of sp³-hybridized carbons (Fsp3) is 0.467. The van der Waals surface area contributed by atoms with E-state index in [9.17, 15) is 4.79 Å². The van der Waals surface area contributed by atoms with E-state index in [1.807, 2.05) is 37.3 Å². The number of morpholine rings is 1. The first kappa shape index (κ1) is 15.3. The fourth-order valence-electron chi connectivity index (χ4n) is 2.49. The van der Waals surface area contributed by atoms with Gasteiger partial charge >= 0.3 is 0 Å². The number of hydrogen-bond donors (Lipinski definition) is 2. The Bertz CT molecular complexity index is 504. The summed E-state index contributed by atoms with van der Waals surface area (Å²) in [7, 11) is 0. The summed E-state index contributed by atoms with van der Waals surface area (Å²) >= 11 is 0. The van der Waals surface area contributed by atoms with Crippen LogP contribution >= 0.6 is 0 Å². The molecule has 0 aromatic heterocycles. The summed E-state index contributed by atoms with van der Waals surface area (Å²) in [5.41, 5.74) is 6.71. The molecule has 0 spiro atoms. The number of nitrogens with zero attached hydrogens (tertiary/aromatic N) is 2. The van der Waals surface area contributed by atoms with Crippen LogP contribution < -0.4 is 5.73 Å². The number of benzene rings is 1. The number of amides is 1. The van der Waals surface area contributed by atoms with Crippen LogP contribution in [0.1, 0.15) is 12.5 Å². The summed E-state index contributed by atoms with van der Waals surface area (Å²) < 4.78 is 5.34. The smallest absolute Gasteiger partial charge is 0.234 e. The van der Waals surface area contributed by atoms with Crippen molar-refractivity contribution in [2.45, 2.75) is 19.4 Å². The van der Waals surface area contributed by atoms with Crippen LogP contribution in [0.25, 0.3) is 0 Å². The molecule has 21 heavy (non-hydrogen) atoms. The highest BCUT2D eigenvalue weighted by Crippen LogP contribution is 2.16. The minimum Gasteiger partial charge on any atom is -0.409 e. The lowest BCUT2D eigenvalue weighted by atomic mass is 9.96. The molecule has 3 N–H and O–H groups in total. The zero-order valence-electron chi connectivity index (χ0n) is 12.1. The first-order valence-electron chi connectivity index (χ1n) is 7.03. The number of rotatable bonds is 4. The topological polar surface area (TPSA) is 88.2 Å². The van der Waals surface area contributed by atoms with Crippen molar-refractivity contribution in [3.05, 3.63) is 35.9 Å². The van der Waals surface area contributed by atoms with Gasteiger partial charge in [-0.1, -0.05) is 35.5 Å². The first-order valence-corrected chi connectivity index (χ1v) is 7.03. The van der Waals surface area contributed by atoms with E-state index in [1.165, 1.54) is 0 Å². The Kier molecular flexibility index (Phi) is 5.16. The molecular formula is C15H21N3O3. The van der Waals surface area contributed by atoms with Crippen molar-refractivity contribution < 1.29 is 14.7 Å². The lowest BCUT2D eigenvalue weighted by molar-refractivity contribution is -0.141. The Morgan fingerprint density at radius 1 is 1.52 bits per heavy atom. The molecule has 1 fully saturated rings. The van der Waals surface area contributed by atoms with Gasteiger partial charge in [0.05, 0.1) is 19.3 Å². The third-order valence-electron chi connectivity index (χ3n) is 3.70. The van der Waals surface area contributed by atoms with Gasteiger partial charge in [-0.3, -0.25) is 4.79 Å². The summed E-state index contributed by atoms with van der Waals surface area (Å²) in [5.74, 6) is -0.828. The fourth-order valence-corrected chi connectivity index (χ4v) is 2.49. The molecule has 0 bridgehead atoms. The molecule has 0 radical (unpaired) electrons. The molecule has 0 aliphatic carbocycles. The van der Waals surface area contributed by atoms with E-state index in [0.29, 0.717) is 26.2 Å². The molecular weight excluding hydrogens is 270 g/mol. The normalized spacial score (nSPS) is 21.1. The molecule has 1 heterocycles. The van der Waals surface area contributed by atoms with Gasteiger partial charge in [0.15, 0.2) is 5.84 Å². The average Bonchev–Trinajstić information content (AvgIpc) is 2.53. The van der Waals surface area contributed by atoms with Crippen molar-refractivity contribution in [1.82, 2.24) is 4.90 Å². The van der Waals surface area contributed by atoms with Gasteiger partial charge in [-0.2, -0.15) is 0 Å². The Balaban J connectivity index is 2.17. The average molecular weight is 291 g/mol. The summed E-state index contributed by atoms with van der Waals surface area (Å²) in [6, 6.07) is 9.56. The molecule has 1 saturated heterocycles. The molecule has 1 amide bonds. The van der Waals surface area contributed by atoms with Crippen molar-refractivity contribution in [2.24, 2.45) is 16.8 Å². The SMILES string of the molecule is CC1COCCN1C(=O)C(Cc1ccccc1)C(N)=NO. The van der Waals surface area contributed by atoms with Crippen LogP contribution in [0, 0.1) is 5.92 Å². The quantitative estimate of drug-likeness (QED) is 0.372. The van der Waals surface area contributed by atoms with Crippen LogP contribution in [0.2, 0.25) is 0 Å². The molecule has 1 aromatic rings. The lowest BCUT2D eigenvalue weighted by Crippen LogP contribution is -2.52. The minimum absolute atomic E-state index is 0.00369. The zero-order chi connectivity index (χ0) is 15.2. The first-order chi connectivity index (χ1) is 10.1. The second kappa shape index (κ2) is 7.08. The van der Waals surface area contributed by atoms with E-state index in [-0.39, 0.29) is 17.8 Å². The highest BCUT2D eigenvalue weighted by Gasteiger charge is 2.32. The maximum absolute atomic E-state index is 12.7. The van der Waals surface area contributed by atoms with Crippen molar-refractivity contribution in [1.29, 1.82) is 0 Å². The van der Waals surface area contributed by atoms with E-state index < -0.39 is 5.92 Å². The van der Waals surface area contributed by atoms with Crippen LogP contribution in [0.4, 0.5) is 0 Å². The van der Waals surface area contributed by atoms with Crippen LogP contribution in [0.15, 0.2) is 35.5 Å². The van der Waals surface area contributed by atoms with Crippen LogP contribution in [0.3, 0.4) is 0 Å². The maximum Gasteiger partial charge on any atom is 0.234 e. The number of carbonyl (C=O) groups excluding carboxylic acids is 1. The Labute approximate surface area is 124 Å². The molecule has 0 saturated carbocycles. The second-order valence-electron chi connectivity index (χ2n) is 5.22. The van der Waals surface area contributed by atoms with Crippen LogP contribution in [-0.2, 0) is 16.0 Å². The van der Waals surface area contributed by atoms with Crippen LogP contribution in [-0.4, -0.2) is 47.7 Å². The molecule has 6 nitrogen and oxygen atoms in total. The van der Waals surface area contributed by atoms with Gasteiger partial charge in [0.25, 0.3) is 0 Å². The molecule has 1 aliphatic heterocycles. The van der Waals surface area contributed by atoms with E-state index in [1.54, 1.807) is 4.90 Å². The number of oxime groups is 1. The Morgan fingerprint density at radius 2 is 2.24 bits per heavy atom. The van der Waals surface area contributed by atoms with E-state index in [4.69, 9.17) is 15.7 Å². The number of amidine groups is 1. The molecule has 6 heteroatoms. The molecule has 1 aliphatic rings. The Hall–Kier alpha value is -2.08. The van der Waals surface area contributed by atoms with Gasteiger partial charge in [0.1, 0.15) is 5.92 Å². The summed E-state index contributed by atoms with van der Waals surface area (Å²) in [6.45, 7) is 3.50. The predicted molar refractivity (Wildman–Crippen MR) is 79.0 cm³/mol. The van der Waals surface area contributed by atoms with Crippen molar-refractivity contribution in [3.8, 4) is 0 Å². The highest BCUT2D eigenvalue weighted by molar-refractivity contribution is 6.02. The molecule has 1 aromatic carbocycles. The number of carbonyl (C=O) groups is 1. The Morgan fingerprint density at radius 3 is 2.86 bits per heavy atom. The van der Waals surface area contributed by atoms with Gasteiger partial charge in [-0.25, -0.2) is 0 Å². The van der Waals surface area contributed by atoms with Gasteiger partial charge < -0.3 is 20.6 Å². The van der Waals surface area contributed by atoms with Crippen molar-refractivity contribution in [2.75, 3.05) is 19.8 Å². The summed E-state index contributed by atoms with van der Waals surface area (Å²) in [4.78, 5) is 14.5. The van der Waals surface area contributed by atoms with E-state index in [0.717, 1.165) is 5.56 Å². The number of hydrogen-bond acceptors (Lipinski definition) is 4. The van der Waals surface area contributed by atoms with E-state index >= 15 is 0 Å². The largest absolute Gasteiger partial charge is 0.409 e. The monoisotopic (exact) mass is 291 g/mol. The third kappa shape index (κ3) is 3.72. The number of ether oxygens (including phenoxy) is 1. The predicted octanol–water partition coefficient (Wildman–Crippen LogP) is 0.839. The van der Waals surface area contributed by atoms with Gasteiger partial charge in [0, 0.05) is 6.54 Å². The third-order valence-corrected chi connectivity index (χ3v) is 3.70. The molecule has 2 unspecified atom stereocenters. The van der Waals surface area contributed by atoms with Gasteiger partial charge in [-0.05, 0) is 18.9 Å². The molecule has 2 atom stereocenters.